The predicted molar refractivity (Wildman–Crippen MR) is 86.2 cm³/mol. The minimum atomic E-state index is 0.451. The van der Waals surface area contributed by atoms with Gasteiger partial charge in [-0.15, -0.1) is 0 Å². The molecule has 0 aliphatic carbocycles. The van der Waals surface area contributed by atoms with Gasteiger partial charge in [0.1, 0.15) is 5.82 Å². The molecule has 0 spiro atoms. The average Bonchev–Trinajstić information content (AvgIpc) is 3.04. The van der Waals surface area contributed by atoms with Gasteiger partial charge in [-0.05, 0) is 45.0 Å². The van der Waals surface area contributed by atoms with Crippen LogP contribution in [0.4, 0.5) is 0 Å². The molecule has 22 heavy (non-hydrogen) atoms. The van der Waals surface area contributed by atoms with Crippen molar-refractivity contribution in [2.75, 3.05) is 19.6 Å². The third-order valence-corrected chi connectivity index (χ3v) is 4.07. The van der Waals surface area contributed by atoms with E-state index in [0.29, 0.717) is 12.6 Å². The van der Waals surface area contributed by atoms with Gasteiger partial charge in [-0.1, -0.05) is 6.42 Å². The van der Waals surface area contributed by atoms with Crippen molar-refractivity contribution in [2.24, 2.45) is 0 Å². The van der Waals surface area contributed by atoms with E-state index in [0.717, 1.165) is 23.8 Å². The number of likely N-dealkylation sites (tertiary alicyclic amines) is 1. The minimum absolute atomic E-state index is 0.451. The summed E-state index contributed by atoms with van der Waals surface area (Å²) >= 11 is 0. The number of H-pyrrole nitrogens is 1. The minimum Gasteiger partial charge on any atom is -0.306 e. The first-order chi connectivity index (χ1) is 10.8. The average molecular weight is 300 g/mol. The summed E-state index contributed by atoms with van der Waals surface area (Å²) in [6.07, 6.45) is 7.57. The van der Waals surface area contributed by atoms with E-state index in [2.05, 4.69) is 37.3 Å². The van der Waals surface area contributed by atoms with Crippen molar-refractivity contribution in [3.8, 4) is 11.4 Å². The number of nitrogens with zero attached hydrogens (tertiary/aromatic N) is 4. The largest absolute Gasteiger partial charge is 0.306 e. The lowest BCUT2D eigenvalue weighted by Gasteiger charge is -2.29. The molecule has 0 unspecified atom stereocenters. The normalized spacial score (nSPS) is 17.5. The lowest BCUT2D eigenvalue weighted by atomic mass is 10.1. The number of nitrogens with one attached hydrogen (secondary N) is 2. The molecule has 1 atom stereocenters. The molecule has 1 aliphatic heterocycles. The molecular weight excluding hydrogens is 276 g/mol. The number of aromatic amines is 1. The number of hydrogen-bond acceptors (Lipinski definition) is 5. The van der Waals surface area contributed by atoms with Gasteiger partial charge in [0, 0.05) is 30.5 Å². The van der Waals surface area contributed by atoms with Gasteiger partial charge in [-0.2, -0.15) is 5.10 Å². The predicted octanol–water partition coefficient (Wildman–Crippen LogP) is 1.83. The Morgan fingerprint density at radius 3 is 2.77 bits per heavy atom. The molecule has 2 N–H and O–H groups in total. The second kappa shape index (κ2) is 7.47. The van der Waals surface area contributed by atoms with Crippen LogP contribution < -0.4 is 5.32 Å². The van der Waals surface area contributed by atoms with Gasteiger partial charge in [0.25, 0.3) is 0 Å². The molecule has 1 saturated heterocycles. The number of hydrogen-bond donors (Lipinski definition) is 2. The maximum absolute atomic E-state index is 4.53. The highest BCUT2D eigenvalue weighted by atomic mass is 15.2. The molecule has 0 aromatic carbocycles. The van der Waals surface area contributed by atoms with Crippen LogP contribution in [0.25, 0.3) is 11.4 Å². The summed E-state index contributed by atoms with van der Waals surface area (Å²) in [4.78, 5) is 11.1. The molecule has 2 aromatic rings. The van der Waals surface area contributed by atoms with Crippen molar-refractivity contribution in [1.29, 1.82) is 0 Å². The summed E-state index contributed by atoms with van der Waals surface area (Å²) in [6.45, 7) is 6.52. The maximum Gasteiger partial charge on any atom is 0.181 e. The Kier molecular flexibility index (Phi) is 5.13. The first-order valence-electron chi connectivity index (χ1n) is 8.08. The second-order valence-corrected chi connectivity index (χ2v) is 5.98. The fraction of sp³-hybridized carbons (Fsp3) is 0.562. The molecule has 0 saturated carbocycles. The van der Waals surface area contributed by atoms with Gasteiger partial charge in [-0.3, -0.25) is 10.1 Å². The molecule has 2 aromatic heterocycles. The molecule has 6 nitrogen and oxygen atoms in total. The third kappa shape index (κ3) is 4.11. The van der Waals surface area contributed by atoms with E-state index >= 15 is 0 Å². The molecule has 3 heterocycles. The SMILES string of the molecule is C[C@H](CN1CCCCC1)NCc1nc(-c2ccncc2)n[nH]1. The van der Waals surface area contributed by atoms with Crippen LogP contribution in [-0.2, 0) is 6.54 Å². The Hall–Kier alpha value is -1.79. The van der Waals surface area contributed by atoms with E-state index in [-0.39, 0.29) is 0 Å². The van der Waals surface area contributed by atoms with Crippen LogP contribution in [0.2, 0.25) is 0 Å². The van der Waals surface area contributed by atoms with Gasteiger partial charge in [0.15, 0.2) is 5.82 Å². The molecule has 0 bridgehead atoms. The smallest absolute Gasteiger partial charge is 0.181 e. The van der Waals surface area contributed by atoms with Crippen LogP contribution >= 0.6 is 0 Å². The highest BCUT2D eigenvalue weighted by molar-refractivity contribution is 5.52. The number of pyridine rings is 1. The summed E-state index contributed by atoms with van der Waals surface area (Å²) < 4.78 is 0. The molecule has 6 heteroatoms. The van der Waals surface area contributed by atoms with Crippen LogP contribution in [-0.4, -0.2) is 50.7 Å². The molecular formula is C16H24N6. The van der Waals surface area contributed by atoms with E-state index < -0.39 is 0 Å². The standard InChI is InChI=1S/C16H24N6/c1-13(12-22-9-3-2-4-10-22)18-11-15-19-16(21-20-15)14-5-7-17-8-6-14/h5-8,13,18H,2-4,9-12H2,1H3,(H,19,20,21)/t13-/m1/s1. The highest BCUT2D eigenvalue weighted by Gasteiger charge is 2.13. The Balaban J connectivity index is 1.48. The summed E-state index contributed by atoms with van der Waals surface area (Å²) in [6, 6.07) is 4.28. The first kappa shape index (κ1) is 15.1. The highest BCUT2D eigenvalue weighted by Crippen LogP contribution is 2.12. The van der Waals surface area contributed by atoms with E-state index in [9.17, 15) is 0 Å². The van der Waals surface area contributed by atoms with Crippen molar-refractivity contribution < 1.29 is 0 Å². The Bertz CT molecular complexity index is 561. The van der Waals surface area contributed by atoms with Crippen molar-refractivity contribution in [3.63, 3.8) is 0 Å². The summed E-state index contributed by atoms with van der Waals surface area (Å²) in [5.74, 6) is 1.60. The zero-order chi connectivity index (χ0) is 15.2. The third-order valence-electron chi connectivity index (χ3n) is 4.07. The monoisotopic (exact) mass is 300 g/mol. The van der Waals surface area contributed by atoms with Crippen LogP contribution in [0.5, 0.6) is 0 Å². The van der Waals surface area contributed by atoms with Gasteiger partial charge in [-0.25, -0.2) is 4.98 Å². The lowest BCUT2D eigenvalue weighted by Crippen LogP contribution is -2.41. The fourth-order valence-electron chi connectivity index (χ4n) is 2.87. The molecule has 1 aliphatic rings. The number of piperidine rings is 1. The summed E-state index contributed by atoms with van der Waals surface area (Å²) in [5.41, 5.74) is 0.985. The van der Waals surface area contributed by atoms with Gasteiger partial charge < -0.3 is 10.2 Å². The van der Waals surface area contributed by atoms with Crippen molar-refractivity contribution in [3.05, 3.63) is 30.4 Å². The molecule has 0 amide bonds. The maximum atomic E-state index is 4.53. The Morgan fingerprint density at radius 1 is 1.23 bits per heavy atom. The quantitative estimate of drug-likeness (QED) is 0.852. The van der Waals surface area contributed by atoms with E-state index in [1.807, 2.05) is 12.1 Å². The summed E-state index contributed by atoms with van der Waals surface area (Å²) in [7, 11) is 0. The zero-order valence-corrected chi connectivity index (χ0v) is 13.1. The van der Waals surface area contributed by atoms with Crippen LogP contribution in [0, 0.1) is 0 Å². The van der Waals surface area contributed by atoms with E-state index in [1.54, 1.807) is 12.4 Å². The second-order valence-electron chi connectivity index (χ2n) is 5.98. The number of aromatic nitrogens is 4. The van der Waals surface area contributed by atoms with E-state index in [1.165, 1.54) is 32.4 Å². The number of rotatable bonds is 6. The van der Waals surface area contributed by atoms with E-state index in [4.69, 9.17) is 0 Å². The zero-order valence-electron chi connectivity index (χ0n) is 13.1. The topological polar surface area (TPSA) is 69.7 Å². The first-order valence-corrected chi connectivity index (χ1v) is 8.08. The molecule has 0 radical (unpaired) electrons. The van der Waals surface area contributed by atoms with Crippen molar-refractivity contribution >= 4 is 0 Å². The van der Waals surface area contributed by atoms with Gasteiger partial charge >= 0.3 is 0 Å². The summed E-state index contributed by atoms with van der Waals surface area (Å²) in [5, 5.41) is 10.8. The van der Waals surface area contributed by atoms with Gasteiger partial charge in [0.05, 0.1) is 6.54 Å². The molecule has 3 rings (SSSR count). The van der Waals surface area contributed by atoms with Crippen molar-refractivity contribution in [2.45, 2.75) is 38.8 Å². The Labute approximate surface area is 131 Å². The van der Waals surface area contributed by atoms with Gasteiger partial charge in [0.2, 0.25) is 0 Å². The van der Waals surface area contributed by atoms with Crippen LogP contribution in [0.1, 0.15) is 32.0 Å². The fourth-order valence-corrected chi connectivity index (χ4v) is 2.87. The molecule has 118 valence electrons. The van der Waals surface area contributed by atoms with Crippen molar-refractivity contribution in [1.82, 2.24) is 30.4 Å². The van der Waals surface area contributed by atoms with Crippen LogP contribution in [0.3, 0.4) is 0 Å². The molecule has 1 fully saturated rings. The Morgan fingerprint density at radius 2 is 2.00 bits per heavy atom. The van der Waals surface area contributed by atoms with Crippen LogP contribution in [0.15, 0.2) is 24.5 Å². The lowest BCUT2D eigenvalue weighted by molar-refractivity contribution is 0.208.